The van der Waals surface area contributed by atoms with E-state index in [0.29, 0.717) is 35.9 Å². The Labute approximate surface area is 170 Å². The summed E-state index contributed by atoms with van der Waals surface area (Å²) in [5.74, 6) is 2.82. The quantitative estimate of drug-likeness (QED) is 0.733. The highest BCUT2D eigenvalue weighted by Gasteiger charge is 2.61. The van der Waals surface area contributed by atoms with Crippen molar-refractivity contribution in [3.8, 4) is 0 Å². The average Bonchev–Trinajstić information content (AvgIpc) is 3.01. The molecule has 0 bridgehead atoms. The monoisotopic (exact) mass is 386 g/mol. The maximum atomic E-state index is 13.3. The molecule has 1 aliphatic heterocycles. The number of hydrogen-bond donors (Lipinski definition) is 0. The molecule has 0 N–H and O–H groups in total. The predicted molar refractivity (Wildman–Crippen MR) is 112 cm³/mol. The van der Waals surface area contributed by atoms with Crippen molar-refractivity contribution < 1.29 is 9.59 Å². The van der Waals surface area contributed by atoms with Crippen LogP contribution in [0.1, 0.15) is 66.2 Å². The number of carbonyl (C=O) groups is 2. The third-order valence-electron chi connectivity index (χ3n) is 9.30. The molecular weight excluding hydrogens is 348 g/mol. The van der Waals surface area contributed by atoms with Gasteiger partial charge in [-0.15, -0.1) is 0 Å². The molecule has 4 rings (SSSR count). The smallest absolute Gasteiger partial charge is 0.226 e. The number of carbonyl (C=O) groups excluding carboxylic acids is 2. The van der Waals surface area contributed by atoms with Gasteiger partial charge < -0.3 is 9.80 Å². The lowest BCUT2D eigenvalue weighted by Gasteiger charge is -2.60. The van der Waals surface area contributed by atoms with Gasteiger partial charge in [-0.2, -0.15) is 0 Å². The lowest BCUT2D eigenvalue weighted by molar-refractivity contribution is -0.143. The number of rotatable bonds is 3. The van der Waals surface area contributed by atoms with Crippen LogP contribution in [0.3, 0.4) is 0 Å². The molecule has 1 heterocycles. The highest BCUT2D eigenvalue weighted by molar-refractivity contribution is 5.91. The minimum Gasteiger partial charge on any atom is -0.377 e. The van der Waals surface area contributed by atoms with Crippen molar-refractivity contribution in [3.63, 3.8) is 0 Å². The van der Waals surface area contributed by atoms with Crippen molar-refractivity contribution in [2.45, 2.75) is 66.2 Å². The van der Waals surface area contributed by atoms with E-state index in [1.165, 1.54) is 18.5 Å². The van der Waals surface area contributed by atoms with E-state index < -0.39 is 0 Å². The molecule has 28 heavy (non-hydrogen) atoms. The van der Waals surface area contributed by atoms with E-state index in [9.17, 15) is 9.59 Å². The van der Waals surface area contributed by atoms with Gasteiger partial charge in [-0.25, -0.2) is 0 Å². The van der Waals surface area contributed by atoms with E-state index in [1.807, 2.05) is 11.0 Å². The molecule has 0 spiro atoms. The van der Waals surface area contributed by atoms with Crippen LogP contribution in [0, 0.1) is 34.5 Å². The first-order valence-corrected chi connectivity index (χ1v) is 11.5. The zero-order valence-electron chi connectivity index (χ0n) is 18.5. The van der Waals surface area contributed by atoms with Gasteiger partial charge in [-0.1, -0.05) is 13.8 Å². The topological polar surface area (TPSA) is 40.6 Å². The van der Waals surface area contributed by atoms with Gasteiger partial charge in [0.15, 0.2) is 5.78 Å². The molecule has 1 amide bonds. The van der Waals surface area contributed by atoms with Gasteiger partial charge in [0.2, 0.25) is 5.91 Å². The predicted octanol–water partition coefficient (Wildman–Crippen LogP) is 4.11. The number of amides is 1. The van der Waals surface area contributed by atoms with Gasteiger partial charge in [0.25, 0.3) is 0 Å². The zero-order valence-corrected chi connectivity index (χ0v) is 18.5. The Bertz CT molecular complexity index is 697. The summed E-state index contributed by atoms with van der Waals surface area (Å²) in [5.41, 5.74) is 1.56. The molecule has 2 saturated carbocycles. The summed E-state index contributed by atoms with van der Waals surface area (Å²) in [4.78, 5) is 29.8. The van der Waals surface area contributed by atoms with Crippen LogP contribution >= 0.6 is 0 Å². The van der Waals surface area contributed by atoms with Gasteiger partial charge in [-0.3, -0.25) is 9.59 Å². The molecule has 0 aromatic carbocycles. The summed E-state index contributed by atoms with van der Waals surface area (Å²) < 4.78 is 0. The first-order chi connectivity index (χ1) is 13.3. The van der Waals surface area contributed by atoms with Gasteiger partial charge >= 0.3 is 0 Å². The minimum absolute atomic E-state index is 0.133. The van der Waals surface area contributed by atoms with Gasteiger partial charge in [0.05, 0.1) is 0 Å². The average molecular weight is 387 g/mol. The van der Waals surface area contributed by atoms with E-state index >= 15 is 0 Å². The normalized spacial score (nSPS) is 42.4. The van der Waals surface area contributed by atoms with Gasteiger partial charge in [0.1, 0.15) is 0 Å². The van der Waals surface area contributed by atoms with E-state index in [4.69, 9.17) is 0 Å². The molecule has 4 nitrogen and oxygen atoms in total. The molecule has 0 aromatic rings. The van der Waals surface area contributed by atoms with Gasteiger partial charge in [-0.05, 0) is 69.1 Å². The number of ketones is 1. The number of piperidine rings is 1. The molecule has 1 saturated heterocycles. The van der Waals surface area contributed by atoms with Crippen LogP contribution in [-0.2, 0) is 9.59 Å². The second-order valence-corrected chi connectivity index (χ2v) is 10.4. The Morgan fingerprint density at radius 2 is 1.86 bits per heavy atom. The molecule has 4 aliphatic rings. The SMILES string of the molecule is CCN(CC)C(=O)C1CC[C@H]2[C@@H]3CN(C)C4=CC(=O)CC[C@]4(C)[C@@H]3CC[C@]12C. The fraction of sp³-hybridized carbons (Fsp3) is 0.833. The molecule has 0 radical (unpaired) electrons. The highest BCUT2D eigenvalue weighted by Crippen LogP contribution is 2.65. The molecule has 1 unspecified atom stereocenters. The molecule has 0 aromatic heterocycles. The fourth-order valence-corrected chi connectivity index (χ4v) is 7.73. The summed E-state index contributed by atoms with van der Waals surface area (Å²) in [6.07, 6.45) is 8.25. The molecule has 4 heteroatoms. The standard InChI is InChI=1S/C24H38N2O2/c1-6-26(7-2)22(28)20-9-8-18-17-15-25(5)21-14-16(27)10-12-24(21,4)19(17)11-13-23(18,20)3/h14,17-20H,6-13,15H2,1-5H3/t17-,18-,19+,20?,23-,24+/m0/s1. The van der Waals surface area contributed by atoms with E-state index in [1.54, 1.807) is 0 Å². The van der Waals surface area contributed by atoms with Crippen LogP contribution in [-0.4, -0.2) is 48.2 Å². The summed E-state index contributed by atoms with van der Waals surface area (Å²) in [5, 5.41) is 0. The van der Waals surface area contributed by atoms with Crippen LogP contribution in [0.25, 0.3) is 0 Å². The number of allylic oxidation sites excluding steroid dienone is 2. The Morgan fingerprint density at radius 3 is 2.54 bits per heavy atom. The second kappa shape index (κ2) is 6.88. The lowest BCUT2D eigenvalue weighted by Crippen LogP contribution is -2.57. The van der Waals surface area contributed by atoms with Crippen molar-refractivity contribution in [2.75, 3.05) is 26.7 Å². The maximum absolute atomic E-state index is 13.3. The highest BCUT2D eigenvalue weighted by atomic mass is 16.2. The zero-order chi connectivity index (χ0) is 20.3. The van der Waals surface area contributed by atoms with Crippen molar-refractivity contribution in [2.24, 2.45) is 34.5 Å². The number of hydrogen-bond acceptors (Lipinski definition) is 3. The van der Waals surface area contributed by atoms with E-state index in [0.717, 1.165) is 38.9 Å². The van der Waals surface area contributed by atoms with Crippen LogP contribution in [0.15, 0.2) is 11.8 Å². The van der Waals surface area contributed by atoms with Gasteiger partial charge in [0, 0.05) is 56.2 Å². The number of fused-ring (bicyclic) bond motifs is 5. The Morgan fingerprint density at radius 1 is 1.14 bits per heavy atom. The summed E-state index contributed by atoms with van der Waals surface area (Å²) in [7, 11) is 2.18. The fourth-order valence-electron chi connectivity index (χ4n) is 7.73. The summed E-state index contributed by atoms with van der Waals surface area (Å²) in [6.45, 7) is 11.7. The summed E-state index contributed by atoms with van der Waals surface area (Å²) >= 11 is 0. The van der Waals surface area contributed by atoms with Crippen LogP contribution in [0.5, 0.6) is 0 Å². The van der Waals surface area contributed by atoms with Crippen molar-refractivity contribution >= 4 is 11.7 Å². The Balaban J connectivity index is 1.64. The summed E-state index contributed by atoms with van der Waals surface area (Å²) in [6, 6.07) is 0. The van der Waals surface area contributed by atoms with E-state index in [-0.39, 0.29) is 16.7 Å². The van der Waals surface area contributed by atoms with Crippen LogP contribution < -0.4 is 0 Å². The van der Waals surface area contributed by atoms with Crippen LogP contribution in [0.4, 0.5) is 0 Å². The Hall–Kier alpha value is -1.32. The maximum Gasteiger partial charge on any atom is 0.226 e. The minimum atomic E-state index is 0.133. The first-order valence-electron chi connectivity index (χ1n) is 11.5. The van der Waals surface area contributed by atoms with Crippen molar-refractivity contribution in [3.05, 3.63) is 11.8 Å². The number of nitrogens with zero attached hydrogens (tertiary/aromatic N) is 2. The van der Waals surface area contributed by atoms with Crippen LogP contribution in [0.2, 0.25) is 0 Å². The third kappa shape index (κ3) is 2.69. The Kier molecular flexibility index (Phi) is 4.91. The number of likely N-dealkylation sites (tertiary alicyclic amines) is 1. The van der Waals surface area contributed by atoms with Crippen molar-refractivity contribution in [1.82, 2.24) is 9.80 Å². The third-order valence-corrected chi connectivity index (χ3v) is 9.30. The molecule has 156 valence electrons. The first kappa shape index (κ1) is 20.0. The molecule has 3 fully saturated rings. The molecule has 6 atom stereocenters. The second-order valence-electron chi connectivity index (χ2n) is 10.4. The van der Waals surface area contributed by atoms with E-state index in [2.05, 4.69) is 39.6 Å². The lowest BCUT2D eigenvalue weighted by atomic mass is 9.49. The molecule has 3 aliphatic carbocycles. The largest absolute Gasteiger partial charge is 0.377 e. The molecular formula is C24H38N2O2. The van der Waals surface area contributed by atoms with Crippen molar-refractivity contribution in [1.29, 1.82) is 0 Å².